The van der Waals surface area contributed by atoms with Crippen LogP contribution in [0.5, 0.6) is 5.75 Å². The van der Waals surface area contributed by atoms with Crippen LogP contribution in [0.25, 0.3) is 0 Å². The van der Waals surface area contributed by atoms with Crippen molar-refractivity contribution in [3.8, 4) is 5.75 Å². The number of ether oxygens (including phenoxy) is 2. The Morgan fingerprint density at radius 2 is 1.60 bits per heavy atom. The summed E-state index contributed by atoms with van der Waals surface area (Å²) in [6, 6.07) is 15.7. The van der Waals surface area contributed by atoms with Crippen molar-refractivity contribution in [1.29, 1.82) is 0 Å². The summed E-state index contributed by atoms with van der Waals surface area (Å²) in [5.74, 6) is 0.191. The molecule has 0 spiro atoms. The number of amides is 1. The van der Waals surface area contributed by atoms with Crippen molar-refractivity contribution in [2.24, 2.45) is 5.92 Å². The number of anilines is 1. The molecule has 0 bridgehead atoms. The minimum atomic E-state index is -0.899. The van der Waals surface area contributed by atoms with E-state index in [9.17, 15) is 9.59 Å². The fourth-order valence-corrected chi connectivity index (χ4v) is 2.00. The first-order chi connectivity index (χ1) is 12.0. The molecule has 0 aliphatic rings. The molecule has 1 N–H and O–H groups in total. The molecule has 0 aliphatic carbocycles. The molecule has 2 rings (SSSR count). The van der Waals surface area contributed by atoms with Crippen molar-refractivity contribution in [1.82, 2.24) is 0 Å². The first kappa shape index (κ1) is 18.5. The standard InChI is InChI=1S/C20H23NO4/c1-14(2)13-24-18-11-9-16(10-12-18)20(23)25-15(3)19(22)21-17-7-5-4-6-8-17/h4-12,14-15H,13H2,1-3H3,(H,21,22). The van der Waals surface area contributed by atoms with Crippen LogP contribution < -0.4 is 10.1 Å². The van der Waals surface area contributed by atoms with Crippen LogP contribution in [0.1, 0.15) is 31.1 Å². The fraction of sp³-hybridized carbons (Fsp3) is 0.300. The molecule has 0 aromatic heterocycles. The Hall–Kier alpha value is -2.82. The third kappa shape index (κ3) is 5.95. The van der Waals surface area contributed by atoms with E-state index in [4.69, 9.17) is 9.47 Å². The zero-order valence-corrected chi connectivity index (χ0v) is 14.7. The van der Waals surface area contributed by atoms with Crippen molar-refractivity contribution in [2.45, 2.75) is 26.9 Å². The Labute approximate surface area is 148 Å². The highest BCUT2D eigenvalue weighted by atomic mass is 16.5. The minimum absolute atomic E-state index is 0.372. The second-order valence-electron chi connectivity index (χ2n) is 6.13. The number of nitrogens with one attached hydrogen (secondary N) is 1. The van der Waals surface area contributed by atoms with E-state index in [1.165, 1.54) is 6.92 Å². The number of benzene rings is 2. The highest BCUT2D eigenvalue weighted by Gasteiger charge is 2.19. The van der Waals surface area contributed by atoms with Gasteiger partial charge in [-0.15, -0.1) is 0 Å². The highest BCUT2D eigenvalue weighted by molar-refractivity contribution is 5.97. The first-order valence-electron chi connectivity index (χ1n) is 8.25. The average Bonchev–Trinajstić information content (AvgIpc) is 2.61. The number of rotatable bonds is 7. The van der Waals surface area contributed by atoms with Gasteiger partial charge in [-0.2, -0.15) is 0 Å². The predicted octanol–water partition coefficient (Wildman–Crippen LogP) is 3.91. The Bertz CT molecular complexity index is 695. The van der Waals surface area contributed by atoms with Gasteiger partial charge in [0.2, 0.25) is 0 Å². The van der Waals surface area contributed by atoms with Crippen LogP contribution in [0.3, 0.4) is 0 Å². The van der Waals surface area contributed by atoms with Crippen LogP contribution in [0, 0.1) is 5.92 Å². The maximum absolute atomic E-state index is 12.1. The Morgan fingerprint density at radius 3 is 2.20 bits per heavy atom. The smallest absolute Gasteiger partial charge is 0.338 e. The van der Waals surface area contributed by atoms with Crippen molar-refractivity contribution in [3.63, 3.8) is 0 Å². The number of para-hydroxylation sites is 1. The van der Waals surface area contributed by atoms with Crippen LogP contribution in [-0.2, 0) is 9.53 Å². The second-order valence-corrected chi connectivity index (χ2v) is 6.13. The van der Waals surface area contributed by atoms with Gasteiger partial charge in [0, 0.05) is 5.69 Å². The first-order valence-corrected chi connectivity index (χ1v) is 8.25. The maximum Gasteiger partial charge on any atom is 0.338 e. The summed E-state index contributed by atoms with van der Waals surface area (Å²) in [5.41, 5.74) is 1.03. The lowest BCUT2D eigenvalue weighted by molar-refractivity contribution is -0.123. The summed E-state index contributed by atoms with van der Waals surface area (Å²) in [6.07, 6.45) is -0.899. The van der Waals surface area contributed by atoms with Gasteiger partial charge in [-0.05, 0) is 49.2 Å². The summed E-state index contributed by atoms with van der Waals surface area (Å²) in [4.78, 5) is 24.2. The van der Waals surface area contributed by atoms with E-state index < -0.39 is 12.1 Å². The molecule has 132 valence electrons. The summed E-state index contributed by atoms with van der Waals surface area (Å²) in [7, 11) is 0. The normalized spacial score (nSPS) is 11.7. The third-order valence-electron chi connectivity index (χ3n) is 3.37. The molecule has 1 amide bonds. The zero-order valence-electron chi connectivity index (χ0n) is 14.7. The summed E-state index contributed by atoms with van der Waals surface area (Å²) in [6.45, 7) is 6.28. The second kappa shape index (κ2) is 8.87. The SMILES string of the molecule is CC(C)COc1ccc(C(=O)OC(C)C(=O)Nc2ccccc2)cc1. The van der Waals surface area contributed by atoms with Crippen LogP contribution in [-0.4, -0.2) is 24.6 Å². The lowest BCUT2D eigenvalue weighted by Gasteiger charge is -2.14. The van der Waals surface area contributed by atoms with E-state index in [1.807, 2.05) is 18.2 Å². The third-order valence-corrected chi connectivity index (χ3v) is 3.37. The molecule has 0 aliphatic heterocycles. The largest absolute Gasteiger partial charge is 0.493 e. The lowest BCUT2D eigenvalue weighted by Crippen LogP contribution is -2.29. The molecule has 0 saturated carbocycles. The van der Waals surface area contributed by atoms with E-state index >= 15 is 0 Å². The molecule has 5 heteroatoms. The van der Waals surface area contributed by atoms with Crippen molar-refractivity contribution in [3.05, 3.63) is 60.2 Å². The molecular formula is C20H23NO4. The van der Waals surface area contributed by atoms with Crippen molar-refractivity contribution in [2.75, 3.05) is 11.9 Å². The van der Waals surface area contributed by atoms with E-state index in [-0.39, 0.29) is 5.91 Å². The van der Waals surface area contributed by atoms with Gasteiger partial charge in [0.05, 0.1) is 12.2 Å². The molecule has 1 atom stereocenters. The number of hydrogen-bond acceptors (Lipinski definition) is 4. The molecule has 1 unspecified atom stereocenters. The van der Waals surface area contributed by atoms with Gasteiger partial charge in [-0.1, -0.05) is 32.0 Å². The van der Waals surface area contributed by atoms with Crippen molar-refractivity contribution < 1.29 is 19.1 Å². The predicted molar refractivity (Wildman–Crippen MR) is 96.7 cm³/mol. The molecule has 2 aromatic carbocycles. The molecule has 0 saturated heterocycles. The van der Waals surface area contributed by atoms with Crippen molar-refractivity contribution >= 4 is 17.6 Å². The summed E-state index contributed by atoms with van der Waals surface area (Å²) < 4.78 is 10.8. The maximum atomic E-state index is 12.1. The number of carbonyl (C=O) groups is 2. The van der Waals surface area contributed by atoms with Gasteiger partial charge < -0.3 is 14.8 Å². The molecule has 2 aromatic rings. The van der Waals surface area contributed by atoms with E-state index in [0.717, 1.165) is 0 Å². The van der Waals surface area contributed by atoms with E-state index in [0.29, 0.717) is 29.5 Å². The van der Waals surface area contributed by atoms with Gasteiger partial charge in [0.15, 0.2) is 6.10 Å². The summed E-state index contributed by atoms with van der Waals surface area (Å²) >= 11 is 0. The number of hydrogen-bond donors (Lipinski definition) is 1. The van der Waals surface area contributed by atoms with Gasteiger partial charge in [-0.25, -0.2) is 4.79 Å². The van der Waals surface area contributed by atoms with Gasteiger partial charge in [0.1, 0.15) is 5.75 Å². The monoisotopic (exact) mass is 341 g/mol. The zero-order chi connectivity index (χ0) is 18.2. The molecule has 0 fully saturated rings. The lowest BCUT2D eigenvalue weighted by atomic mass is 10.2. The molecule has 0 heterocycles. The average molecular weight is 341 g/mol. The van der Waals surface area contributed by atoms with Gasteiger partial charge >= 0.3 is 5.97 Å². The molecule has 25 heavy (non-hydrogen) atoms. The van der Waals surface area contributed by atoms with Gasteiger partial charge in [-0.3, -0.25) is 4.79 Å². The van der Waals surface area contributed by atoms with Crippen LogP contribution >= 0.6 is 0 Å². The number of carbonyl (C=O) groups excluding carboxylic acids is 2. The van der Waals surface area contributed by atoms with Crippen LogP contribution in [0.2, 0.25) is 0 Å². The number of esters is 1. The van der Waals surface area contributed by atoms with E-state index in [1.54, 1.807) is 36.4 Å². The summed E-state index contributed by atoms with van der Waals surface area (Å²) in [5, 5.41) is 2.70. The Morgan fingerprint density at radius 1 is 0.960 bits per heavy atom. The van der Waals surface area contributed by atoms with Crippen LogP contribution in [0.4, 0.5) is 5.69 Å². The topological polar surface area (TPSA) is 64.6 Å². The minimum Gasteiger partial charge on any atom is -0.493 e. The Balaban J connectivity index is 1.88. The molecule has 5 nitrogen and oxygen atoms in total. The van der Waals surface area contributed by atoms with E-state index in [2.05, 4.69) is 19.2 Å². The highest BCUT2D eigenvalue weighted by Crippen LogP contribution is 2.15. The molecular weight excluding hydrogens is 318 g/mol. The Kier molecular flexibility index (Phi) is 6.57. The molecule has 0 radical (unpaired) electrons. The van der Waals surface area contributed by atoms with Gasteiger partial charge in [0.25, 0.3) is 5.91 Å². The fourth-order valence-electron chi connectivity index (χ4n) is 2.00. The van der Waals surface area contributed by atoms with Crippen LogP contribution in [0.15, 0.2) is 54.6 Å². The quantitative estimate of drug-likeness (QED) is 0.776.